The largest absolute Gasteiger partial charge is 0.299 e. The van der Waals surface area contributed by atoms with Crippen LogP contribution in [0, 0.1) is 0 Å². The Labute approximate surface area is 138 Å². The van der Waals surface area contributed by atoms with Crippen molar-refractivity contribution in [3.8, 4) is 5.69 Å². The minimum atomic E-state index is 1.05. The molecule has 0 amide bonds. The van der Waals surface area contributed by atoms with Gasteiger partial charge in [-0.05, 0) is 61.8 Å². The van der Waals surface area contributed by atoms with Gasteiger partial charge in [-0.15, -0.1) is 0 Å². The molecule has 1 saturated heterocycles. The first-order valence-electron chi connectivity index (χ1n) is 7.74. The highest BCUT2D eigenvalue weighted by molar-refractivity contribution is 9.10. The third-order valence-electron chi connectivity index (χ3n) is 4.29. The van der Waals surface area contributed by atoms with E-state index in [0.29, 0.717) is 0 Å². The van der Waals surface area contributed by atoms with Gasteiger partial charge in [0.2, 0.25) is 0 Å². The van der Waals surface area contributed by atoms with E-state index in [1.165, 1.54) is 36.9 Å². The zero-order valence-electron chi connectivity index (χ0n) is 12.4. The van der Waals surface area contributed by atoms with Gasteiger partial charge in [-0.3, -0.25) is 4.90 Å². The Hall–Kier alpha value is -1.65. The normalized spacial score (nSPS) is 15.7. The molecule has 3 aromatic rings. The van der Waals surface area contributed by atoms with Crippen molar-refractivity contribution < 1.29 is 0 Å². The average molecular weight is 356 g/mol. The lowest BCUT2D eigenvalue weighted by molar-refractivity contribution is 0.331. The summed E-state index contributed by atoms with van der Waals surface area (Å²) in [6.45, 7) is 3.52. The number of nitrogens with zero attached hydrogens (tertiary/aromatic N) is 3. The maximum Gasteiger partial charge on any atom is 0.0741 e. The lowest BCUT2D eigenvalue weighted by Gasteiger charge is -2.14. The topological polar surface area (TPSA) is 21.1 Å². The Morgan fingerprint density at radius 3 is 2.73 bits per heavy atom. The lowest BCUT2D eigenvalue weighted by Crippen LogP contribution is -2.18. The third kappa shape index (κ3) is 2.69. The highest BCUT2D eigenvalue weighted by Gasteiger charge is 2.12. The van der Waals surface area contributed by atoms with E-state index in [0.717, 1.165) is 22.2 Å². The number of hydrogen-bond acceptors (Lipinski definition) is 2. The fourth-order valence-electron chi connectivity index (χ4n) is 3.19. The summed E-state index contributed by atoms with van der Waals surface area (Å²) >= 11 is 3.53. The van der Waals surface area contributed by atoms with Crippen molar-refractivity contribution in [2.24, 2.45) is 0 Å². The lowest BCUT2D eigenvalue weighted by atomic mass is 10.1. The molecule has 22 heavy (non-hydrogen) atoms. The van der Waals surface area contributed by atoms with E-state index >= 15 is 0 Å². The van der Waals surface area contributed by atoms with Gasteiger partial charge in [-0.25, -0.2) is 4.68 Å². The van der Waals surface area contributed by atoms with Crippen LogP contribution >= 0.6 is 15.9 Å². The molecular weight excluding hydrogens is 338 g/mol. The van der Waals surface area contributed by atoms with E-state index in [2.05, 4.69) is 56.3 Å². The first kappa shape index (κ1) is 14.0. The monoisotopic (exact) mass is 355 g/mol. The van der Waals surface area contributed by atoms with Gasteiger partial charge in [0, 0.05) is 16.4 Å². The molecule has 0 saturated carbocycles. The molecule has 0 atom stereocenters. The molecule has 4 heteroatoms. The van der Waals surface area contributed by atoms with E-state index < -0.39 is 0 Å². The van der Waals surface area contributed by atoms with Gasteiger partial charge in [-0.2, -0.15) is 5.10 Å². The van der Waals surface area contributed by atoms with Crippen LogP contribution in [0.5, 0.6) is 0 Å². The van der Waals surface area contributed by atoms with E-state index in [1.54, 1.807) is 0 Å². The van der Waals surface area contributed by atoms with Crippen LogP contribution in [-0.2, 0) is 6.54 Å². The van der Waals surface area contributed by atoms with Crippen LogP contribution in [-0.4, -0.2) is 27.8 Å². The highest BCUT2D eigenvalue weighted by atomic mass is 79.9. The number of hydrogen-bond donors (Lipinski definition) is 0. The first-order valence-corrected chi connectivity index (χ1v) is 8.54. The quantitative estimate of drug-likeness (QED) is 0.694. The molecule has 0 radical (unpaired) electrons. The SMILES string of the molecule is Brc1cccc(-n2ncc3cc(CN4CCCC4)ccc32)c1. The van der Waals surface area contributed by atoms with Crippen molar-refractivity contribution in [3.05, 3.63) is 58.7 Å². The fraction of sp³-hybridized carbons (Fsp3) is 0.278. The minimum absolute atomic E-state index is 1.05. The van der Waals surface area contributed by atoms with Gasteiger partial charge in [0.15, 0.2) is 0 Å². The Kier molecular flexibility index (Phi) is 3.72. The predicted molar refractivity (Wildman–Crippen MR) is 93.3 cm³/mol. The molecule has 3 nitrogen and oxygen atoms in total. The van der Waals surface area contributed by atoms with Crippen molar-refractivity contribution in [1.29, 1.82) is 0 Å². The second-order valence-electron chi connectivity index (χ2n) is 5.91. The number of benzene rings is 2. The minimum Gasteiger partial charge on any atom is -0.299 e. The van der Waals surface area contributed by atoms with E-state index in [-0.39, 0.29) is 0 Å². The Balaban J connectivity index is 1.68. The maximum absolute atomic E-state index is 4.56. The summed E-state index contributed by atoms with van der Waals surface area (Å²) in [5.41, 5.74) is 3.61. The molecule has 0 unspecified atom stereocenters. The summed E-state index contributed by atoms with van der Waals surface area (Å²) in [6.07, 6.45) is 4.63. The summed E-state index contributed by atoms with van der Waals surface area (Å²) in [5, 5.41) is 5.77. The maximum atomic E-state index is 4.56. The van der Waals surface area contributed by atoms with Crippen LogP contribution in [0.1, 0.15) is 18.4 Å². The molecule has 4 rings (SSSR count). The molecule has 2 aromatic carbocycles. The van der Waals surface area contributed by atoms with Crippen LogP contribution in [0.4, 0.5) is 0 Å². The van der Waals surface area contributed by atoms with Crippen molar-refractivity contribution in [3.63, 3.8) is 0 Å². The predicted octanol–water partition coefficient (Wildman–Crippen LogP) is 4.38. The first-order chi connectivity index (χ1) is 10.8. The van der Waals surface area contributed by atoms with Gasteiger partial charge in [0.05, 0.1) is 17.4 Å². The van der Waals surface area contributed by atoms with Crippen LogP contribution in [0.25, 0.3) is 16.6 Å². The van der Waals surface area contributed by atoms with E-state index in [1.807, 2.05) is 23.0 Å². The van der Waals surface area contributed by atoms with Crippen molar-refractivity contribution in [2.45, 2.75) is 19.4 Å². The number of rotatable bonds is 3. The molecule has 112 valence electrons. The highest BCUT2D eigenvalue weighted by Crippen LogP contribution is 2.23. The Bertz CT molecular complexity index is 803. The van der Waals surface area contributed by atoms with Crippen molar-refractivity contribution in [1.82, 2.24) is 14.7 Å². The molecular formula is C18H18BrN3. The van der Waals surface area contributed by atoms with Crippen molar-refractivity contribution in [2.75, 3.05) is 13.1 Å². The van der Waals surface area contributed by atoms with Crippen LogP contribution < -0.4 is 0 Å². The van der Waals surface area contributed by atoms with Crippen LogP contribution in [0.2, 0.25) is 0 Å². The second-order valence-corrected chi connectivity index (χ2v) is 6.83. The van der Waals surface area contributed by atoms with Gasteiger partial charge in [-0.1, -0.05) is 28.1 Å². The molecule has 1 aromatic heterocycles. The molecule has 0 bridgehead atoms. The summed E-state index contributed by atoms with van der Waals surface area (Å²) in [5.74, 6) is 0. The molecule has 1 aliphatic heterocycles. The average Bonchev–Trinajstić information content (AvgIpc) is 3.16. The molecule has 0 N–H and O–H groups in total. The smallest absolute Gasteiger partial charge is 0.0741 e. The summed E-state index contributed by atoms with van der Waals surface area (Å²) in [6, 6.07) is 14.9. The third-order valence-corrected chi connectivity index (χ3v) is 4.78. The van der Waals surface area contributed by atoms with E-state index in [9.17, 15) is 0 Å². The summed E-state index contributed by atoms with van der Waals surface area (Å²) in [4.78, 5) is 2.53. The van der Waals surface area contributed by atoms with Gasteiger partial charge in [0.25, 0.3) is 0 Å². The summed E-state index contributed by atoms with van der Waals surface area (Å²) < 4.78 is 3.07. The molecule has 2 heterocycles. The van der Waals surface area contributed by atoms with Crippen LogP contribution in [0.15, 0.2) is 53.1 Å². The van der Waals surface area contributed by atoms with Crippen LogP contribution in [0.3, 0.4) is 0 Å². The number of likely N-dealkylation sites (tertiary alicyclic amines) is 1. The zero-order valence-corrected chi connectivity index (χ0v) is 14.0. The fourth-order valence-corrected chi connectivity index (χ4v) is 3.58. The van der Waals surface area contributed by atoms with E-state index in [4.69, 9.17) is 0 Å². The molecule has 1 aliphatic rings. The number of halogens is 1. The molecule has 0 spiro atoms. The van der Waals surface area contributed by atoms with Crippen molar-refractivity contribution >= 4 is 26.8 Å². The number of fused-ring (bicyclic) bond motifs is 1. The van der Waals surface area contributed by atoms with Gasteiger partial charge in [0.1, 0.15) is 0 Å². The van der Waals surface area contributed by atoms with Gasteiger partial charge >= 0.3 is 0 Å². The Morgan fingerprint density at radius 1 is 1.05 bits per heavy atom. The second kappa shape index (κ2) is 5.86. The zero-order chi connectivity index (χ0) is 14.9. The standard InChI is InChI=1S/C18H18BrN3/c19-16-4-3-5-17(11-16)22-18-7-6-14(10-15(18)12-20-22)13-21-8-1-2-9-21/h3-7,10-12H,1-2,8-9,13H2. The Morgan fingerprint density at radius 2 is 1.91 bits per heavy atom. The molecule has 1 fully saturated rings. The van der Waals surface area contributed by atoms with Gasteiger partial charge < -0.3 is 0 Å². The summed E-state index contributed by atoms with van der Waals surface area (Å²) in [7, 11) is 0. The number of aromatic nitrogens is 2. The molecule has 0 aliphatic carbocycles.